The largest absolute Gasteiger partial charge is 0.396 e. The Morgan fingerprint density at radius 3 is 2.86 bits per heavy atom. The van der Waals surface area contributed by atoms with E-state index in [1.54, 1.807) is 0 Å². The molecule has 0 aromatic heterocycles. The maximum atomic E-state index is 9.41. The normalized spacial score (nSPS) is 13.6. The summed E-state index contributed by atoms with van der Waals surface area (Å²) in [5, 5.41) is 12.6. The molecule has 4 N–H and O–H groups in total. The molecule has 14 heavy (non-hydrogen) atoms. The van der Waals surface area contributed by atoms with Crippen molar-refractivity contribution in [3.05, 3.63) is 12.2 Å². The summed E-state index contributed by atoms with van der Waals surface area (Å²) in [4.78, 5) is 0. The van der Waals surface area contributed by atoms with Crippen molar-refractivity contribution in [1.29, 1.82) is 0 Å². The van der Waals surface area contributed by atoms with E-state index in [1.807, 2.05) is 0 Å². The number of hydrogen-bond acceptors (Lipinski definition) is 3. The predicted octanol–water partition coefficient (Wildman–Crippen LogP) is -0.274. The van der Waals surface area contributed by atoms with E-state index in [0.717, 1.165) is 19.4 Å². The van der Waals surface area contributed by atoms with Crippen LogP contribution in [0.3, 0.4) is 0 Å². The third kappa shape index (κ3) is 8.44. The second kappa shape index (κ2) is 9.39. The van der Waals surface area contributed by atoms with Crippen LogP contribution in [0.25, 0.3) is 0 Å². The SMILES string of the molecule is C=C(CCC)CCNC[C@@H](O)[SiH2]CN. The molecule has 4 heteroatoms. The maximum absolute atomic E-state index is 9.41. The molecule has 0 aliphatic rings. The molecular formula is C10H24N2OSi. The summed E-state index contributed by atoms with van der Waals surface area (Å²) in [5.41, 5.74) is 6.51. The van der Waals surface area contributed by atoms with E-state index in [1.165, 1.54) is 12.0 Å². The van der Waals surface area contributed by atoms with Crippen molar-refractivity contribution in [2.24, 2.45) is 5.73 Å². The van der Waals surface area contributed by atoms with Gasteiger partial charge in [-0.25, -0.2) is 0 Å². The van der Waals surface area contributed by atoms with E-state index in [9.17, 15) is 5.11 Å². The second-order valence-electron chi connectivity index (χ2n) is 3.69. The highest BCUT2D eigenvalue weighted by molar-refractivity contribution is 6.37. The van der Waals surface area contributed by atoms with Crippen LogP contribution in [0, 0.1) is 0 Å². The van der Waals surface area contributed by atoms with Gasteiger partial charge in [-0.05, 0) is 25.6 Å². The number of nitrogens with two attached hydrogens (primary N) is 1. The van der Waals surface area contributed by atoms with Crippen molar-refractivity contribution < 1.29 is 5.11 Å². The van der Waals surface area contributed by atoms with Crippen LogP contribution in [0.1, 0.15) is 26.2 Å². The zero-order valence-corrected chi connectivity index (χ0v) is 10.7. The fourth-order valence-electron chi connectivity index (χ4n) is 1.31. The standard InChI is InChI=1S/C10H24N2OSi/c1-3-4-9(2)5-6-12-7-10(13)14-8-11/h10,12-13H,2-8,11,14H2,1H3/t10-/m0/s1. The highest BCUT2D eigenvalue weighted by atomic mass is 28.2. The Kier molecular flexibility index (Phi) is 9.28. The lowest BCUT2D eigenvalue weighted by molar-refractivity contribution is 0.247. The lowest BCUT2D eigenvalue weighted by atomic mass is 10.1. The van der Waals surface area contributed by atoms with Crippen LogP contribution in [0.5, 0.6) is 0 Å². The van der Waals surface area contributed by atoms with Crippen molar-refractivity contribution in [2.75, 3.05) is 19.3 Å². The molecule has 0 aliphatic carbocycles. The van der Waals surface area contributed by atoms with Crippen LogP contribution in [0.15, 0.2) is 12.2 Å². The number of rotatable bonds is 9. The first kappa shape index (κ1) is 13.8. The van der Waals surface area contributed by atoms with E-state index in [-0.39, 0.29) is 5.73 Å². The van der Waals surface area contributed by atoms with E-state index >= 15 is 0 Å². The summed E-state index contributed by atoms with van der Waals surface area (Å²) in [6.45, 7) is 7.77. The zero-order valence-electron chi connectivity index (χ0n) is 9.26. The van der Waals surface area contributed by atoms with E-state index < -0.39 is 9.52 Å². The minimum atomic E-state index is -0.462. The molecule has 0 heterocycles. The van der Waals surface area contributed by atoms with Gasteiger partial charge in [0.05, 0.1) is 15.2 Å². The predicted molar refractivity (Wildman–Crippen MR) is 65.1 cm³/mol. The summed E-state index contributed by atoms with van der Waals surface area (Å²) in [5.74, 6) is 0. The van der Waals surface area contributed by atoms with Gasteiger partial charge in [0.1, 0.15) is 0 Å². The third-order valence-electron chi connectivity index (χ3n) is 2.14. The second-order valence-corrected chi connectivity index (χ2v) is 5.78. The lowest BCUT2D eigenvalue weighted by Gasteiger charge is -2.10. The molecule has 0 saturated heterocycles. The van der Waals surface area contributed by atoms with Gasteiger partial charge in [-0.3, -0.25) is 0 Å². The van der Waals surface area contributed by atoms with Crippen LogP contribution in [0.2, 0.25) is 0 Å². The number of aliphatic hydroxyl groups is 1. The molecule has 0 amide bonds. The van der Waals surface area contributed by atoms with Crippen LogP contribution in [-0.4, -0.2) is 39.6 Å². The van der Waals surface area contributed by atoms with Gasteiger partial charge < -0.3 is 16.2 Å². The van der Waals surface area contributed by atoms with Gasteiger partial charge in [0.25, 0.3) is 0 Å². The van der Waals surface area contributed by atoms with Gasteiger partial charge in [-0.1, -0.05) is 25.5 Å². The van der Waals surface area contributed by atoms with Gasteiger partial charge in [0, 0.05) is 6.54 Å². The molecule has 0 aromatic carbocycles. The molecule has 3 nitrogen and oxygen atoms in total. The highest BCUT2D eigenvalue weighted by Gasteiger charge is 2.01. The van der Waals surface area contributed by atoms with Gasteiger partial charge in [0.15, 0.2) is 0 Å². The fourth-order valence-corrected chi connectivity index (χ4v) is 2.10. The van der Waals surface area contributed by atoms with Gasteiger partial charge in [0.2, 0.25) is 0 Å². The Morgan fingerprint density at radius 1 is 1.57 bits per heavy atom. The summed E-state index contributed by atoms with van der Waals surface area (Å²) in [6.07, 6.45) is 3.99. The summed E-state index contributed by atoms with van der Waals surface area (Å²) in [7, 11) is -0.462. The molecule has 0 aliphatic heterocycles. The van der Waals surface area contributed by atoms with Gasteiger partial charge in [-0.15, -0.1) is 0 Å². The lowest BCUT2D eigenvalue weighted by Crippen LogP contribution is -2.35. The van der Waals surface area contributed by atoms with Gasteiger partial charge in [-0.2, -0.15) is 0 Å². The highest BCUT2D eigenvalue weighted by Crippen LogP contribution is 2.04. The van der Waals surface area contributed by atoms with Crippen LogP contribution in [0.4, 0.5) is 0 Å². The monoisotopic (exact) mass is 216 g/mol. The number of nitrogens with one attached hydrogen (secondary N) is 1. The average molecular weight is 216 g/mol. The van der Waals surface area contributed by atoms with Crippen LogP contribution >= 0.6 is 0 Å². The Balaban J connectivity index is 3.24. The molecule has 0 radical (unpaired) electrons. The van der Waals surface area contributed by atoms with Gasteiger partial charge >= 0.3 is 0 Å². The topological polar surface area (TPSA) is 58.3 Å². The summed E-state index contributed by atoms with van der Waals surface area (Å²) in [6, 6.07) is 0. The van der Waals surface area contributed by atoms with Crippen molar-refractivity contribution >= 4 is 9.52 Å². The van der Waals surface area contributed by atoms with Crippen molar-refractivity contribution in [1.82, 2.24) is 5.32 Å². The third-order valence-corrected chi connectivity index (χ3v) is 3.43. The first-order valence-corrected chi connectivity index (χ1v) is 7.27. The fraction of sp³-hybridized carbons (Fsp3) is 0.800. The maximum Gasteiger partial charge on any atom is 0.0722 e. The van der Waals surface area contributed by atoms with Crippen LogP contribution in [-0.2, 0) is 0 Å². The van der Waals surface area contributed by atoms with Crippen molar-refractivity contribution in [2.45, 2.75) is 31.9 Å². The molecule has 0 saturated carbocycles. The minimum Gasteiger partial charge on any atom is -0.396 e. The Hall–Kier alpha value is -0.163. The van der Waals surface area contributed by atoms with Crippen LogP contribution < -0.4 is 11.1 Å². The molecule has 0 unspecified atom stereocenters. The molecule has 84 valence electrons. The molecule has 0 bridgehead atoms. The van der Waals surface area contributed by atoms with E-state index in [2.05, 4.69) is 18.8 Å². The molecule has 0 rings (SSSR count). The summed E-state index contributed by atoms with van der Waals surface area (Å²) < 4.78 is 0. The number of aliphatic hydroxyl groups excluding tert-OH is 1. The molecular weight excluding hydrogens is 192 g/mol. The smallest absolute Gasteiger partial charge is 0.0722 e. The Morgan fingerprint density at radius 2 is 2.29 bits per heavy atom. The van der Waals surface area contributed by atoms with E-state index in [4.69, 9.17) is 5.73 Å². The first-order valence-electron chi connectivity index (χ1n) is 5.46. The Bertz CT molecular complexity index is 153. The first-order chi connectivity index (χ1) is 6.70. The van der Waals surface area contributed by atoms with Crippen molar-refractivity contribution in [3.63, 3.8) is 0 Å². The van der Waals surface area contributed by atoms with E-state index in [0.29, 0.717) is 12.7 Å². The van der Waals surface area contributed by atoms with Crippen molar-refractivity contribution in [3.8, 4) is 0 Å². The molecule has 0 spiro atoms. The molecule has 0 fully saturated rings. The molecule has 0 aromatic rings. The molecule has 1 atom stereocenters. The zero-order chi connectivity index (χ0) is 10.8. The minimum absolute atomic E-state index is 0.167. The Labute approximate surface area is 89.6 Å². The average Bonchev–Trinajstić information content (AvgIpc) is 2.13. The quantitative estimate of drug-likeness (QED) is 0.282. The number of hydrogen-bond donors (Lipinski definition) is 3. The summed E-state index contributed by atoms with van der Waals surface area (Å²) >= 11 is 0.